The summed E-state index contributed by atoms with van der Waals surface area (Å²) < 4.78 is 0. The Morgan fingerprint density at radius 3 is 2.94 bits per heavy atom. The Morgan fingerprint density at radius 1 is 1.39 bits per heavy atom. The van der Waals surface area contributed by atoms with Gasteiger partial charge in [0.2, 0.25) is 5.91 Å². The summed E-state index contributed by atoms with van der Waals surface area (Å²) in [6.07, 6.45) is 2.16. The summed E-state index contributed by atoms with van der Waals surface area (Å²) in [7, 11) is 1.93. The molecule has 0 spiro atoms. The third kappa shape index (κ3) is 6.07. The van der Waals surface area contributed by atoms with E-state index in [1.54, 1.807) is 11.8 Å². The number of carbonyl (C=O) groups is 1. The summed E-state index contributed by atoms with van der Waals surface area (Å²) in [4.78, 5) is 12.7. The van der Waals surface area contributed by atoms with Crippen LogP contribution in [0.4, 0.5) is 0 Å². The second kappa shape index (κ2) is 9.00. The minimum atomic E-state index is 0.118. The van der Waals surface area contributed by atoms with E-state index in [1.807, 2.05) is 19.2 Å². The monoisotopic (exact) mass is 266 g/mol. The van der Waals surface area contributed by atoms with Crippen LogP contribution in [0.25, 0.3) is 0 Å². The number of unbranched alkanes of at least 4 members (excludes halogenated alkanes) is 1. The quantitative estimate of drug-likeness (QED) is 0.561. The molecule has 0 atom stereocenters. The van der Waals surface area contributed by atoms with Gasteiger partial charge in [0, 0.05) is 18.0 Å². The third-order valence-electron chi connectivity index (χ3n) is 2.50. The molecular formula is C14H22N2OS. The third-order valence-corrected chi connectivity index (χ3v) is 3.50. The highest BCUT2D eigenvalue weighted by Crippen LogP contribution is 2.18. The Hall–Kier alpha value is -1.00. The molecule has 100 valence electrons. The second-order valence-electron chi connectivity index (χ2n) is 4.17. The summed E-state index contributed by atoms with van der Waals surface area (Å²) in [5.41, 5.74) is 1.24. The van der Waals surface area contributed by atoms with Crippen LogP contribution in [0.1, 0.15) is 25.3 Å². The lowest BCUT2D eigenvalue weighted by Crippen LogP contribution is -2.25. The van der Waals surface area contributed by atoms with Crippen LogP contribution in [0.15, 0.2) is 29.2 Å². The average molecular weight is 266 g/mol. The van der Waals surface area contributed by atoms with E-state index < -0.39 is 0 Å². The SMILES string of the molecule is CCCCNC(=O)CSc1cccc(CNC)c1. The molecule has 0 saturated heterocycles. The maximum Gasteiger partial charge on any atom is 0.230 e. The van der Waals surface area contributed by atoms with Crippen molar-refractivity contribution in [1.29, 1.82) is 0 Å². The van der Waals surface area contributed by atoms with Crippen molar-refractivity contribution in [3.63, 3.8) is 0 Å². The zero-order valence-electron chi connectivity index (χ0n) is 11.2. The van der Waals surface area contributed by atoms with Crippen LogP contribution >= 0.6 is 11.8 Å². The van der Waals surface area contributed by atoms with Crippen molar-refractivity contribution in [2.75, 3.05) is 19.3 Å². The number of benzene rings is 1. The first kappa shape index (κ1) is 15.1. The molecule has 1 rings (SSSR count). The number of nitrogens with one attached hydrogen (secondary N) is 2. The fourth-order valence-corrected chi connectivity index (χ4v) is 2.36. The van der Waals surface area contributed by atoms with Gasteiger partial charge in [0.05, 0.1) is 5.75 Å². The van der Waals surface area contributed by atoms with E-state index in [1.165, 1.54) is 5.56 Å². The topological polar surface area (TPSA) is 41.1 Å². The van der Waals surface area contributed by atoms with E-state index >= 15 is 0 Å². The lowest BCUT2D eigenvalue weighted by atomic mass is 10.2. The molecule has 1 amide bonds. The minimum Gasteiger partial charge on any atom is -0.355 e. The van der Waals surface area contributed by atoms with Crippen molar-refractivity contribution in [3.8, 4) is 0 Å². The van der Waals surface area contributed by atoms with E-state index in [4.69, 9.17) is 0 Å². The lowest BCUT2D eigenvalue weighted by Gasteiger charge is -2.06. The van der Waals surface area contributed by atoms with Gasteiger partial charge in [-0.3, -0.25) is 4.79 Å². The molecule has 0 aliphatic rings. The Morgan fingerprint density at radius 2 is 2.22 bits per heavy atom. The van der Waals surface area contributed by atoms with E-state index in [0.29, 0.717) is 5.75 Å². The smallest absolute Gasteiger partial charge is 0.230 e. The van der Waals surface area contributed by atoms with Gasteiger partial charge in [-0.1, -0.05) is 25.5 Å². The van der Waals surface area contributed by atoms with Gasteiger partial charge in [0.1, 0.15) is 0 Å². The molecule has 0 saturated carbocycles. The number of hydrogen-bond acceptors (Lipinski definition) is 3. The highest BCUT2D eigenvalue weighted by molar-refractivity contribution is 8.00. The van der Waals surface area contributed by atoms with Crippen LogP contribution in [0.3, 0.4) is 0 Å². The number of hydrogen-bond donors (Lipinski definition) is 2. The molecule has 3 nitrogen and oxygen atoms in total. The molecule has 0 fully saturated rings. The number of amides is 1. The summed E-state index contributed by atoms with van der Waals surface area (Å²) in [6.45, 7) is 3.76. The first-order valence-electron chi connectivity index (χ1n) is 6.39. The molecular weight excluding hydrogens is 244 g/mol. The molecule has 0 bridgehead atoms. The van der Waals surface area contributed by atoms with E-state index in [-0.39, 0.29) is 5.91 Å². The van der Waals surface area contributed by atoms with Crippen LogP contribution in [0, 0.1) is 0 Å². The van der Waals surface area contributed by atoms with Crippen LogP contribution < -0.4 is 10.6 Å². The van der Waals surface area contributed by atoms with Gasteiger partial charge in [-0.05, 0) is 31.2 Å². The molecule has 0 heterocycles. The van der Waals surface area contributed by atoms with Crippen LogP contribution in [0.5, 0.6) is 0 Å². The molecule has 4 heteroatoms. The second-order valence-corrected chi connectivity index (χ2v) is 5.22. The van der Waals surface area contributed by atoms with Gasteiger partial charge in [0.25, 0.3) is 0 Å². The van der Waals surface area contributed by atoms with Crippen LogP contribution in [-0.4, -0.2) is 25.3 Å². The molecule has 1 aromatic carbocycles. The van der Waals surface area contributed by atoms with Crippen molar-refractivity contribution in [1.82, 2.24) is 10.6 Å². The fourth-order valence-electron chi connectivity index (χ4n) is 1.55. The van der Waals surface area contributed by atoms with Crippen LogP contribution in [0.2, 0.25) is 0 Å². The van der Waals surface area contributed by atoms with E-state index in [9.17, 15) is 4.79 Å². The lowest BCUT2D eigenvalue weighted by molar-refractivity contribution is -0.118. The summed E-state index contributed by atoms with van der Waals surface area (Å²) in [6, 6.07) is 8.29. The molecule has 0 radical (unpaired) electrons. The van der Waals surface area contributed by atoms with Crippen molar-refractivity contribution >= 4 is 17.7 Å². The molecule has 1 aromatic rings. The van der Waals surface area contributed by atoms with Crippen molar-refractivity contribution in [3.05, 3.63) is 29.8 Å². The minimum absolute atomic E-state index is 0.118. The number of thioether (sulfide) groups is 1. The Bertz CT molecular complexity index is 369. The van der Waals surface area contributed by atoms with Gasteiger partial charge < -0.3 is 10.6 Å². The van der Waals surface area contributed by atoms with E-state index in [2.05, 4.69) is 29.7 Å². The predicted molar refractivity (Wildman–Crippen MR) is 77.8 cm³/mol. The average Bonchev–Trinajstić information content (AvgIpc) is 2.38. The molecule has 0 aromatic heterocycles. The zero-order valence-corrected chi connectivity index (χ0v) is 12.0. The van der Waals surface area contributed by atoms with Gasteiger partial charge in [-0.25, -0.2) is 0 Å². The zero-order chi connectivity index (χ0) is 13.2. The molecule has 0 unspecified atom stereocenters. The first-order chi connectivity index (χ1) is 8.76. The maximum atomic E-state index is 11.6. The fraction of sp³-hybridized carbons (Fsp3) is 0.500. The summed E-state index contributed by atoms with van der Waals surface area (Å²) in [5, 5.41) is 6.04. The van der Waals surface area contributed by atoms with Gasteiger partial charge in [-0.2, -0.15) is 0 Å². The molecule has 18 heavy (non-hydrogen) atoms. The highest BCUT2D eigenvalue weighted by Gasteiger charge is 2.02. The van der Waals surface area contributed by atoms with Crippen LogP contribution in [-0.2, 0) is 11.3 Å². The first-order valence-corrected chi connectivity index (χ1v) is 7.38. The highest BCUT2D eigenvalue weighted by atomic mass is 32.2. The standard InChI is InChI=1S/C14H22N2OS/c1-3-4-8-16-14(17)11-18-13-7-5-6-12(9-13)10-15-2/h5-7,9,15H,3-4,8,10-11H2,1-2H3,(H,16,17). The maximum absolute atomic E-state index is 11.6. The molecule has 0 aliphatic heterocycles. The largest absolute Gasteiger partial charge is 0.355 e. The molecule has 2 N–H and O–H groups in total. The predicted octanol–water partition coefficient (Wildman–Crippen LogP) is 2.41. The van der Waals surface area contributed by atoms with Crippen molar-refractivity contribution < 1.29 is 4.79 Å². The van der Waals surface area contributed by atoms with Crippen molar-refractivity contribution in [2.24, 2.45) is 0 Å². The van der Waals surface area contributed by atoms with Gasteiger partial charge in [-0.15, -0.1) is 11.8 Å². The number of carbonyl (C=O) groups excluding carboxylic acids is 1. The Labute approximate surface area is 114 Å². The Balaban J connectivity index is 2.33. The van der Waals surface area contributed by atoms with Gasteiger partial charge in [0.15, 0.2) is 0 Å². The van der Waals surface area contributed by atoms with Gasteiger partial charge >= 0.3 is 0 Å². The summed E-state index contributed by atoms with van der Waals surface area (Å²) >= 11 is 1.59. The Kier molecular flexibility index (Phi) is 7.53. The molecule has 0 aliphatic carbocycles. The van der Waals surface area contributed by atoms with Crippen molar-refractivity contribution in [2.45, 2.75) is 31.2 Å². The van der Waals surface area contributed by atoms with E-state index in [0.717, 1.165) is 30.8 Å². The number of rotatable bonds is 8. The normalized spacial score (nSPS) is 10.3. The summed E-state index contributed by atoms with van der Waals surface area (Å²) in [5.74, 6) is 0.611.